The van der Waals surface area contributed by atoms with Crippen LogP contribution in [0.5, 0.6) is 0 Å². The fourth-order valence-corrected chi connectivity index (χ4v) is 2.91. The molecule has 0 radical (unpaired) electrons. The smallest absolute Gasteiger partial charge is 0.181 e. The normalized spacial score (nSPS) is 11.1. The third-order valence-corrected chi connectivity index (χ3v) is 4.15. The lowest BCUT2D eigenvalue weighted by molar-refractivity contribution is 0.910. The van der Waals surface area contributed by atoms with Gasteiger partial charge in [-0.3, -0.25) is 0 Å². The number of nitrogens with one attached hydrogen (secondary N) is 1. The fraction of sp³-hybridized carbons (Fsp3) is 0.250. The Morgan fingerprint density at radius 1 is 1.42 bits per heavy atom. The van der Waals surface area contributed by atoms with E-state index in [0.29, 0.717) is 11.6 Å². The van der Waals surface area contributed by atoms with Gasteiger partial charge in [0, 0.05) is 11.9 Å². The number of rotatable bonds is 3. The highest BCUT2D eigenvalue weighted by molar-refractivity contribution is 7.18. The van der Waals surface area contributed by atoms with Crippen LogP contribution in [0.3, 0.4) is 0 Å². The third-order valence-electron chi connectivity index (χ3n) is 2.97. The van der Waals surface area contributed by atoms with Crippen molar-refractivity contribution in [1.29, 1.82) is 0 Å². The van der Waals surface area contributed by atoms with E-state index in [1.807, 2.05) is 11.6 Å². The van der Waals surface area contributed by atoms with Crippen molar-refractivity contribution in [3.05, 3.63) is 23.5 Å². The molecule has 19 heavy (non-hydrogen) atoms. The highest BCUT2D eigenvalue weighted by Crippen LogP contribution is 2.30. The van der Waals surface area contributed by atoms with Crippen LogP contribution >= 0.6 is 11.3 Å². The third kappa shape index (κ3) is 1.96. The molecule has 0 aliphatic rings. The van der Waals surface area contributed by atoms with Gasteiger partial charge in [-0.05, 0) is 12.5 Å². The number of fused-ring (bicyclic) bond motifs is 1. The van der Waals surface area contributed by atoms with Gasteiger partial charge in [-0.25, -0.2) is 20.8 Å². The first kappa shape index (κ1) is 12.1. The highest BCUT2D eigenvalue weighted by atomic mass is 32.1. The van der Waals surface area contributed by atoms with E-state index >= 15 is 0 Å². The summed E-state index contributed by atoms with van der Waals surface area (Å²) < 4.78 is 1.88. The molecule has 0 fully saturated rings. The van der Waals surface area contributed by atoms with E-state index in [2.05, 4.69) is 33.4 Å². The van der Waals surface area contributed by atoms with Gasteiger partial charge in [0.1, 0.15) is 10.5 Å². The second kappa shape index (κ2) is 4.60. The molecule has 0 saturated heterocycles. The SMILES string of the molecule is CCc1cc2c(NN)nc(-c3cncn3C)nc2s1. The van der Waals surface area contributed by atoms with Crippen molar-refractivity contribution in [2.24, 2.45) is 12.9 Å². The first-order valence-electron chi connectivity index (χ1n) is 5.96. The summed E-state index contributed by atoms with van der Waals surface area (Å²) in [6.45, 7) is 2.12. The van der Waals surface area contributed by atoms with E-state index in [1.165, 1.54) is 4.88 Å². The van der Waals surface area contributed by atoms with Gasteiger partial charge in [-0.1, -0.05) is 6.92 Å². The molecule has 0 aliphatic heterocycles. The number of aromatic nitrogens is 4. The number of imidazole rings is 1. The van der Waals surface area contributed by atoms with Gasteiger partial charge < -0.3 is 9.99 Å². The van der Waals surface area contributed by atoms with Crippen molar-refractivity contribution < 1.29 is 0 Å². The summed E-state index contributed by atoms with van der Waals surface area (Å²) in [6.07, 6.45) is 4.45. The minimum absolute atomic E-state index is 0.630. The Kier molecular flexibility index (Phi) is 2.92. The maximum absolute atomic E-state index is 5.57. The lowest BCUT2D eigenvalue weighted by Gasteiger charge is -2.05. The average Bonchev–Trinajstić information content (AvgIpc) is 3.02. The fourth-order valence-electron chi connectivity index (χ4n) is 1.94. The molecule has 0 amide bonds. The maximum Gasteiger partial charge on any atom is 0.181 e. The van der Waals surface area contributed by atoms with Crippen LogP contribution in [0.2, 0.25) is 0 Å². The molecular weight excluding hydrogens is 260 g/mol. The van der Waals surface area contributed by atoms with Gasteiger partial charge in [0.05, 0.1) is 17.9 Å². The molecule has 0 spiro atoms. The molecule has 3 aromatic heterocycles. The largest absolute Gasteiger partial charge is 0.331 e. The molecule has 0 aromatic carbocycles. The van der Waals surface area contributed by atoms with Gasteiger partial charge in [0.2, 0.25) is 0 Å². The van der Waals surface area contributed by atoms with Crippen LogP contribution in [0.4, 0.5) is 5.82 Å². The summed E-state index contributed by atoms with van der Waals surface area (Å²) >= 11 is 1.67. The highest BCUT2D eigenvalue weighted by Gasteiger charge is 2.13. The zero-order valence-corrected chi connectivity index (χ0v) is 11.5. The van der Waals surface area contributed by atoms with E-state index < -0.39 is 0 Å². The van der Waals surface area contributed by atoms with Crippen LogP contribution in [0.25, 0.3) is 21.7 Å². The van der Waals surface area contributed by atoms with Crippen LogP contribution in [-0.2, 0) is 13.5 Å². The molecule has 0 aliphatic carbocycles. The molecule has 3 aromatic rings. The summed E-state index contributed by atoms with van der Waals surface area (Å²) in [4.78, 5) is 15.4. The zero-order valence-electron chi connectivity index (χ0n) is 10.7. The molecule has 6 nitrogen and oxygen atoms in total. The Bertz CT molecular complexity index is 729. The lowest BCUT2D eigenvalue weighted by Crippen LogP contribution is -2.10. The molecule has 0 unspecified atom stereocenters. The van der Waals surface area contributed by atoms with E-state index in [-0.39, 0.29) is 0 Å². The molecule has 98 valence electrons. The monoisotopic (exact) mass is 274 g/mol. The van der Waals surface area contributed by atoms with Crippen LogP contribution in [0.1, 0.15) is 11.8 Å². The van der Waals surface area contributed by atoms with Crippen molar-refractivity contribution in [3.63, 3.8) is 0 Å². The number of nitrogens with zero attached hydrogens (tertiary/aromatic N) is 4. The van der Waals surface area contributed by atoms with Crippen molar-refractivity contribution >= 4 is 27.4 Å². The zero-order chi connectivity index (χ0) is 13.4. The number of hydrogen-bond donors (Lipinski definition) is 2. The second-order valence-corrected chi connectivity index (χ2v) is 5.33. The lowest BCUT2D eigenvalue weighted by atomic mass is 10.3. The molecule has 0 bridgehead atoms. The van der Waals surface area contributed by atoms with Gasteiger partial charge in [0.25, 0.3) is 0 Å². The quantitative estimate of drug-likeness (QED) is 0.563. The summed E-state index contributed by atoms with van der Waals surface area (Å²) in [7, 11) is 1.91. The second-order valence-electron chi connectivity index (χ2n) is 4.22. The molecule has 0 saturated carbocycles. The van der Waals surface area contributed by atoms with Crippen molar-refractivity contribution in [3.8, 4) is 11.5 Å². The summed E-state index contributed by atoms with van der Waals surface area (Å²) in [6, 6.07) is 2.09. The van der Waals surface area contributed by atoms with Gasteiger partial charge in [0.15, 0.2) is 11.6 Å². The first-order valence-corrected chi connectivity index (χ1v) is 6.78. The van der Waals surface area contributed by atoms with E-state index in [0.717, 1.165) is 22.3 Å². The summed E-state index contributed by atoms with van der Waals surface area (Å²) in [5.41, 5.74) is 3.52. The average molecular weight is 274 g/mol. The number of nitrogens with two attached hydrogens (primary N) is 1. The Morgan fingerprint density at radius 3 is 2.89 bits per heavy atom. The Balaban J connectivity index is 2.25. The minimum Gasteiger partial charge on any atom is -0.331 e. The van der Waals surface area contributed by atoms with E-state index in [1.54, 1.807) is 23.9 Å². The van der Waals surface area contributed by atoms with Crippen molar-refractivity contribution in [2.75, 3.05) is 5.43 Å². The van der Waals surface area contributed by atoms with Crippen LogP contribution in [0, 0.1) is 0 Å². The van der Waals surface area contributed by atoms with Gasteiger partial charge in [-0.2, -0.15) is 0 Å². The Labute approximate surface area is 114 Å². The van der Waals surface area contributed by atoms with Crippen molar-refractivity contribution in [2.45, 2.75) is 13.3 Å². The summed E-state index contributed by atoms with van der Waals surface area (Å²) in [5.74, 6) is 6.85. The standard InChI is InChI=1S/C12H14N6S/c1-3-7-4-8-10(17-13)15-11(16-12(8)19-7)9-5-14-6-18(9)2/h4-6H,3,13H2,1-2H3,(H,15,16,17). The molecule has 7 heteroatoms. The van der Waals surface area contributed by atoms with Crippen LogP contribution < -0.4 is 11.3 Å². The van der Waals surface area contributed by atoms with Crippen molar-refractivity contribution in [1.82, 2.24) is 19.5 Å². The molecular formula is C12H14N6S. The number of hydrazine groups is 1. The molecule has 3 N–H and O–H groups in total. The first-order chi connectivity index (χ1) is 9.22. The topological polar surface area (TPSA) is 81.6 Å². The van der Waals surface area contributed by atoms with Gasteiger partial charge in [-0.15, -0.1) is 11.3 Å². The number of aryl methyl sites for hydroxylation is 2. The van der Waals surface area contributed by atoms with Crippen LogP contribution in [0.15, 0.2) is 18.6 Å². The number of hydrogen-bond acceptors (Lipinski definition) is 6. The minimum atomic E-state index is 0.630. The molecule has 3 heterocycles. The maximum atomic E-state index is 5.57. The molecule has 0 atom stereocenters. The van der Waals surface area contributed by atoms with E-state index in [4.69, 9.17) is 5.84 Å². The Morgan fingerprint density at radius 2 is 2.26 bits per heavy atom. The number of nitrogen functional groups attached to an aromatic ring is 1. The number of anilines is 1. The van der Waals surface area contributed by atoms with Gasteiger partial charge >= 0.3 is 0 Å². The molecule has 3 rings (SSSR count). The Hall–Kier alpha value is -1.99. The predicted molar refractivity (Wildman–Crippen MR) is 76.8 cm³/mol. The number of thiophene rings is 1. The predicted octanol–water partition coefficient (Wildman–Crippen LogP) is 1.94. The summed E-state index contributed by atoms with van der Waals surface area (Å²) in [5, 5.41) is 0.968. The van der Waals surface area contributed by atoms with Crippen LogP contribution in [-0.4, -0.2) is 19.5 Å². The van der Waals surface area contributed by atoms with E-state index in [9.17, 15) is 0 Å².